The monoisotopic (exact) mass is 1650 g/mol. The summed E-state index contributed by atoms with van der Waals surface area (Å²) < 4.78 is 6.04. The number of benzene rings is 15. The number of rotatable bonds is 13. The lowest BCUT2D eigenvalue weighted by atomic mass is 9.87. The molecule has 602 valence electrons. The molecule has 0 amide bonds. The first kappa shape index (κ1) is 87.9. The van der Waals surface area contributed by atoms with Gasteiger partial charge in [0.2, 0.25) is 9.79 Å². The van der Waals surface area contributed by atoms with Crippen LogP contribution in [0.25, 0.3) is 0 Å². The molecule has 0 spiro atoms. The van der Waals surface area contributed by atoms with Crippen molar-refractivity contribution in [2.45, 2.75) is 218 Å². The predicted octanol–water partition coefficient (Wildman–Crippen LogP) is 30.8. The summed E-state index contributed by atoms with van der Waals surface area (Å²) in [5.74, 6) is 2.25. The Morgan fingerprint density at radius 2 is 0.445 bits per heavy atom. The fraction of sp³-hybridized carbons (Fsp3) is 0.196. The maximum Gasteiger partial charge on any atom is 0.209 e. The van der Waals surface area contributed by atoms with Crippen molar-refractivity contribution in [3.05, 3.63) is 433 Å². The molecule has 1 N–H and O–H groups in total. The fourth-order valence-electron chi connectivity index (χ4n) is 13.9. The molecule has 0 fully saturated rings. The lowest BCUT2D eigenvalue weighted by Gasteiger charge is -2.21. The maximum atomic E-state index is 9.48. The highest BCUT2D eigenvalue weighted by atomic mass is 32.2. The third-order valence-electron chi connectivity index (χ3n) is 20.6. The van der Waals surface area contributed by atoms with Crippen LogP contribution in [-0.4, -0.2) is 5.11 Å². The smallest absolute Gasteiger partial charge is 0.209 e. The van der Waals surface area contributed by atoms with E-state index in [-0.39, 0.29) is 81.5 Å². The molecule has 1 aliphatic rings. The first-order valence-corrected chi connectivity index (χ1v) is 47.4. The SMILES string of the molecule is CC(C)(C)c1ccc([S+](c2ccc(C(C)(C)C)cc2)c2ccc(C(C)(C)C)cc2)cc1.CC(C)(C)c1ccc([S+](c2ccccc2)c2ccc(C(C)(C)C)cc2)cc1.Cc1ccc([S+](c2ccccc2)c2ccccc2)c(C)c1.Oc1ccc([S+](c2ccccc2)c2ccccc2)cc1.c1ccc([S+]2c3ccccc3Oc3ccccc32)cc1. The number of hydrogen-bond donors (Lipinski definition) is 1. The summed E-state index contributed by atoms with van der Waals surface area (Å²) >= 11 is 0. The van der Waals surface area contributed by atoms with E-state index in [0.29, 0.717) is 5.75 Å². The number of aromatic hydroxyl groups is 1. The molecular weight excluding hydrogens is 1540 g/mol. The van der Waals surface area contributed by atoms with Crippen LogP contribution in [0.1, 0.15) is 143 Å². The molecule has 0 saturated heterocycles. The van der Waals surface area contributed by atoms with Gasteiger partial charge in [-0.15, -0.1) is 0 Å². The van der Waals surface area contributed by atoms with Crippen molar-refractivity contribution in [2.24, 2.45) is 0 Å². The molecule has 0 aromatic heterocycles. The molecule has 0 bridgehead atoms. The van der Waals surface area contributed by atoms with Gasteiger partial charge in [-0.2, -0.15) is 0 Å². The van der Waals surface area contributed by atoms with Crippen LogP contribution in [0.3, 0.4) is 0 Å². The van der Waals surface area contributed by atoms with Crippen LogP contribution in [-0.2, 0) is 81.5 Å². The number of ether oxygens (including phenoxy) is 1. The minimum absolute atomic E-state index is 0.0345. The van der Waals surface area contributed by atoms with Gasteiger partial charge in [-0.3, -0.25) is 0 Å². The Hall–Kier alpha value is -10.4. The van der Waals surface area contributed by atoms with Crippen LogP contribution in [0.5, 0.6) is 17.2 Å². The highest BCUT2D eigenvalue weighted by Crippen LogP contribution is 2.47. The lowest BCUT2D eigenvalue weighted by Crippen LogP contribution is -2.13. The van der Waals surface area contributed by atoms with Gasteiger partial charge in [0.05, 0.1) is 43.6 Å². The predicted molar refractivity (Wildman–Crippen MR) is 512 cm³/mol. The molecule has 119 heavy (non-hydrogen) atoms. The van der Waals surface area contributed by atoms with E-state index in [2.05, 4.69) is 451 Å². The number of hydrogen-bond acceptors (Lipinski definition) is 2. The minimum atomic E-state index is -0.134. The van der Waals surface area contributed by atoms with Gasteiger partial charge < -0.3 is 9.84 Å². The molecule has 0 atom stereocenters. The molecule has 2 nitrogen and oxygen atoms in total. The van der Waals surface area contributed by atoms with Crippen LogP contribution in [0, 0.1) is 13.8 Å². The first-order valence-electron chi connectivity index (χ1n) is 41.2. The van der Waals surface area contributed by atoms with Gasteiger partial charge in [-0.1, -0.05) is 316 Å². The van der Waals surface area contributed by atoms with Gasteiger partial charge in [0, 0.05) is 5.56 Å². The lowest BCUT2D eigenvalue weighted by molar-refractivity contribution is 0.453. The molecule has 0 saturated carbocycles. The Morgan fingerprint density at radius 1 is 0.227 bits per heavy atom. The van der Waals surface area contributed by atoms with E-state index in [9.17, 15) is 5.11 Å². The highest BCUT2D eigenvalue weighted by molar-refractivity contribution is 7.98. The fourth-order valence-corrected chi connectivity index (χ4v) is 24.6. The van der Waals surface area contributed by atoms with Crippen LogP contribution < -0.4 is 4.74 Å². The molecule has 15 aromatic rings. The Bertz CT molecular complexity index is 5320. The summed E-state index contributed by atoms with van der Waals surface area (Å²) in [7, 11) is -0.456. The topological polar surface area (TPSA) is 29.5 Å². The van der Waals surface area contributed by atoms with E-state index in [1.54, 1.807) is 12.1 Å². The van der Waals surface area contributed by atoms with E-state index >= 15 is 0 Å². The van der Waals surface area contributed by atoms with E-state index in [0.717, 1.165) is 11.5 Å². The molecular formula is C112H117O2S5+5. The zero-order valence-corrected chi connectivity index (χ0v) is 76.5. The quantitative estimate of drug-likeness (QED) is 0.117. The summed E-state index contributed by atoms with van der Waals surface area (Å²) in [5, 5.41) is 9.48. The van der Waals surface area contributed by atoms with Crippen molar-refractivity contribution in [3.8, 4) is 17.2 Å². The van der Waals surface area contributed by atoms with E-state index in [1.807, 2.05) is 48.5 Å². The van der Waals surface area contributed by atoms with Gasteiger partial charge in [-0.05, 0) is 257 Å². The van der Waals surface area contributed by atoms with E-state index in [4.69, 9.17) is 4.74 Å². The van der Waals surface area contributed by atoms with Crippen molar-refractivity contribution in [3.63, 3.8) is 0 Å². The van der Waals surface area contributed by atoms with Crippen molar-refractivity contribution in [2.75, 3.05) is 0 Å². The third kappa shape index (κ3) is 23.4. The molecule has 15 aromatic carbocycles. The van der Waals surface area contributed by atoms with Crippen LogP contribution >= 0.6 is 0 Å². The summed E-state index contributed by atoms with van der Waals surface area (Å²) in [6.45, 7) is 38.5. The largest absolute Gasteiger partial charge is 0.508 e. The Balaban J connectivity index is 0.000000138. The number of aryl methyl sites for hydroxylation is 2. The van der Waals surface area contributed by atoms with E-state index < -0.39 is 0 Å². The standard InChI is InChI=1S/C30H39S.C26H31S.C20H19S.C18H13OS.C18H14OS/c1-28(2,3)22-10-16-25(17-11-22)31(26-18-12-23(13-19-26)29(4,5)6)27-20-14-24(15-21-27)30(7,8)9;1-25(2,3)20-12-16-23(17-13-20)27(22-10-8-7-9-11-22)24-18-14-21(15-19-24)26(4,5)6;1-16-13-14-20(17(2)15-16)21(18-9-5-3-6-10-18)19-11-7-4-8-12-19;1-2-8-14(9-3-1)20-17-12-6-4-10-15(17)19-16-11-5-7-13-18(16)20;19-15-11-13-18(14-12-15)20(16-7-3-1-4-8-16)17-9-5-2-6-10-17/h10-21H,1-9H3;7-19H,1-6H3;3-15H,1-2H3;1-13H;1-14H/q4*+1;/p+1. The van der Waals surface area contributed by atoms with Crippen LogP contribution in [0.4, 0.5) is 0 Å². The van der Waals surface area contributed by atoms with Crippen LogP contribution in [0.2, 0.25) is 0 Å². The molecule has 7 heteroatoms. The molecule has 0 aliphatic carbocycles. The molecule has 1 heterocycles. The van der Waals surface area contributed by atoms with Crippen LogP contribution in [0.15, 0.2) is 468 Å². The average molecular weight is 1660 g/mol. The van der Waals surface area contributed by atoms with Gasteiger partial charge in [0.15, 0.2) is 75.1 Å². The van der Waals surface area contributed by atoms with Crippen molar-refractivity contribution in [1.82, 2.24) is 0 Å². The minimum Gasteiger partial charge on any atom is -0.508 e. The number of fused-ring (bicyclic) bond motifs is 2. The average Bonchev–Trinajstić information content (AvgIpc) is 0.765. The Morgan fingerprint density at radius 3 is 0.697 bits per heavy atom. The second kappa shape index (κ2) is 39.7. The summed E-state index contributed by atoms with van der Waals surface area (Å²) in [6.07, 6.45) is 0. The van der Waals surface area contributed by atoms with Gasteiger partial charge in [-0.25, -0.2) is 0 Å². The molecule has 1 aliphatic heterocycles. The van der Waals surface area contributed by atoms with Crippen molar-refractivity contribution >= 4 is 54.5 Å². The van der Waals surface area contributed by atoms with E-state index in [1.165, 1.54) is 112 Å². The summed E-state index contributed by atoms with van der Waals surface area (Å²) in [4.78, 5) is 20.0. The number of phenols is 1. The molecule has 16 rings (SSSR count). The Kier molecular flexibility index (Phi) is 29.3. The molecule has 0 unspecified atom stereocenters. The zero-order chi connectivity index (χ0) is 84.5. The Labute approximate surface area is 727 Å². The number of phenolic OH excluding ortho intramolecular Hbond substituents is 1. The van der Waals surface area contributed by atoms with Gasteiger partial charge in [0.1, 0.15) is 16.6 Å². The normalized spacial score (nSPS) is 12.1. The second-order valence-corrected chi connectivity index (χ2v) is 45.1. The highest BCUT2D eigenvalue weighted by Gasteiger charge is 2.40. The number of para-hydroxylation sites is 2. The van der Waals surface area contributed by atoms with Crippen molar-refractivity contribution < 1.29 is 9.84 Å². The van der Waals surface area contributed by atoms with Gasteiger partial charge in [0.25, 0.3) is 0 Å². The molecule has 0 radical (unpaired) electrons. The summed E-state index contributed by atoms with van der Waals surface area (Å²) in [6, 6.07) is 141. The second-order valence-electron chi connectivity index (χ2n) is 35.0. The first-order chi connectivity index (χ1) is 57.0. The zero-order valence-electron chi connectivity index (χ0n) is 72.4. The maximum absolute atomic E-state index is 9.48. The summed E-state index contributed by atoms with van der Waals surface area (Å²) in [5.41, 5.74) is 10.4. The van der Waals surface area contributed by atoms with Crippen molar-refractivity contribution in [1.29, 1.82) is 0 Å². The van der Waals surface area contributed by atoms with Gasteiger partial charge >= 0.3 is 0 Å². The third-order valence-corrected chi connectivity index (χ3v) is 32.0.